The van der Waals surface area contributed by atoms with Crippen molar-refractivity contribution in [1.29, 1.82) is 0 Å². The number of ether oxygens (including phenoxy) is 2. The summed E-state index contributed by atoms with van der Waals surface area (Å²) in [7, 11) is 2.89. The molecule has 0 spiro atoms. The van der Waals surface area contributed by atoms with Crippen LogP contribution >= 0.6 is 0 Å². The lowest BCUT2D eigenvalue weighted by Crippen LogP contribution is -2.41. The number of nitrogens with two attached hydrogens (primary N) is 2. The Labute approximate surface area is 473 Å². The molecule has 6 heterocycles. The number of hydrogen-bond acceptors (Lipinski definition) is 18. The maximum Gasteiger partial charge on any atom is 0.254 e. The predicted molar refractivity (Wildman–Crippen MR) is 307 cm³/mol. The average Bonchev–Trinajstić information content (AvgIpc) is 4.15. The molecule has 4 aromatic heterocycles. The normalized spacial score (nSPS) is 15.1. The molecule has 6 amide bonds. The van der Waals surface area contributed by atoms with E-state index in [2.05, 4.69) is 75.2 Å². The van der Waals surface area contributed by atoms with Crippen LogP contribution in [0.25, 0.3) is 0 Å². The molecular formula is C56H68N18O8. The highest BCUT2D eigenvalue weighted by molar-refractivity contribution is 6.01. The minimum atomic E-state index is -0.829. The van der Waals surface area contributed by atoms with Crippen molar-refractivity contribution in [2.24, 2.45) is 11.5 Å². The summed E-state index contributed by atoms with van der Waals surface area (Å²) in [5.74, 6) is -1.90. The Morgan fingerprint density at radius 1 is 0.683 bits per heavy atom. The molecular weight excluding hydrogens is 1050 g/mol. The summed E-state index contributed by atoms with van der Waals surface area (Å²) in [6, 6.07) is 5.86. The Kier molecular flexibility index (Phi) is 18.1. The molecule has 26 heteroatoms. The van der Waals surface area contributed by atoms with E-state index >= 15 is 0 Å². The molecule has 2 aromatic carbocycles. The monoisotopic (exact) mass is 1120 g/mol. The van der Waals surface area contributed by atoms with Gasteiger partial charge in [0.05, 0.1) is 61.4 Å². The third-order valence-electron chi connectivity index (χ3n) is 13.6. The summed E-state index contributed by atoms with van der Waals surface area (Å²) in [6.45, 7) is 18.9. The van der Waals surface area contributed by atoms with E-state index in [-0.39, 0.29) is 118 Å². The first-order chi connectivity index (χ1) is 39.2. The molecule has 0 radical (unpaired) electrons. The Morgan fingerprint density at radius 3 is 1.65 bits per heavy atom. The molecule has 82 heavy (non-hydrogen) atoms. The quantitative estimate of drug-likeness (QED) is 0.0375. The number of nitrogens with one attached hydrogen (secondary N) is 6. The summed E-state index contributed by atoms with van der Waals surface area (Å²) in [5, 5.41) is 27.6. The third-order valence-corrected chi connectivity index (χ3v) is 13.6. The van der Waals surface area contributed by atoms with E-state index in [1.807, 2.05) is 27.7 Å². The van der Waals surface area contributed by atoms with Crippen LogP contribution in [0.1, 0.15) is 118 Å². The van der Waals surface area contributed by atoms with Crippen LogP contribution in [0.15, 0.2) is 86.3 Å². The maximum absolute atomic E-state index is 14.5. The van der Waals surface area contributed by atoms with E-state index < -0.39 is 11.8 Å². The fourth-order valence-corrected chi connectivity index (χ4v) is 9.66. The largest absolute Gasteiger partial charge is 0.495 e. The van der Waals surface area contributed by atoms with Gasteiger partial charge >= 0.3 is 0 Å². The molecule has 0 saturated carbocycles. The summed E-state index contributed by atoms with van der Waals surface area (Å²) in [5.41, 5.74) is 15.3. The topological polar surface area (TPSA) is 339 Å². The van der Waals surface area contributed by atoms with E-state index in [1.54, 1.807) is 69.1 Å². The molecule has 2 atom stereocenters. The SMILES string of the molecule is C=CC(=O)N1CCC[C@@H](n2cc(Nc3ncc(C(N)=O)c(Nc4c(CC(=C)C(=O)N5CCC[C@H](n6cc(Nc7ncc(C(N)=O)c(Nc8c(C)cc(C(=O)NC(C)C)cc8OC)n7)cn6)C5)cc(C(=O)NC(C)C)cc4OC)n3)cn2)C1. The predicted octanol–water partition coefficient (Wildman–Crippen LogP) is 5.75. The van der Waals surface area contributed by atoms with Gasteiger partial charge in [-0.05, 0) is 102 Å². The maximum atomic E-state index is 14.5. The molecule has 0 unspecified atom stereocenters. The van der Waals surface area contributed by atoms with Crippen molar-refractivity contribution in [3.8, 4) is 11.5 Å². The van der Waals surface area contributed by atoms with Gasteiger partial charge in [-0.15, -0.1) is 0 Å². The minimum Gasteiger partial charge on any atom is -0.495 e. The van der Waals surface area contributed by atoms with Gasteiger partial charge in [-0.25, -0.2) is 9.97 Å². The number of carbonyl (C=O) groups is 6. The number of amides is 6. The molecule has 0 aliphatic carbocycles. The zero-order valence-electron chi connectivity index (χ0n) is 46.8. The lowest BCUT2D eigenvalue weighted by Gasteiger charge is -2.33. The number of rotatable bonds is 22. The molecule has 2 aliphatic heterocycles. The number of aromatic nitrogens is 8. The van der Waals surface area contributed by atoms with Gasteiger partial charge in [0.1, 0.15) is 34.3 Å². The second-order valence-electron chi connectivity index (χ2n) is 20.5. The summed E-state index contributed by atoms with van der Waals surface area (Å²) >= 11 is 0. The highest BCUT2D eigenvalue weighted by Gasteiger charge is 2.30. The van der Waals surface area contributed by atoms with Gasteiger partial charge in [0.15, 0.2) is 0 Å². The second kappa shape index (κ2) is 25.5. The fourth-order valence-electron chi connectivity index (χ4n) is 9.66. The van der Waals surface area contributed by atoms with Crippen molar-refractivity contribution in [2.45, 2.75) is 90.9 Å². The number of primary amides is 2. The van der Waals surface area contributed by atoms with Gasteiger partial charge in [-0.3, -0.25) is 38.1 Å². The van der Waals surface area contributed by atoms with Gasteiger partial charge in [-0.1, -0.05) is 13.2 Å². The van der Waals surface area contributed by atoms with Gasteiger partial charge in [0.2, 0.25) is 23.7 Å². The number of carbonyl (C=O) groups excluding carboxylic acids is 6. The molecule has 2 aliphatic rings. The highest BCUT2D eigenvalue weighted by atomic mass is 16.5. The van der Waals surface area contributed by atoms with Crippen molar-refractivity contribution < 1.29 is 38.2 Å². The number of methoxy groups -OCH3 is 2. The van der Waals surface area contributed by atoms with Crippen molar-refractivity contribution >= 4 is 81.7 Å². The number of likely N-dealkylation sites (tertiary alicyclic amines) is 2. The van der Waals surface area contributed by atoms with Gasteiger partial charge in [0.25, 0.3) is 23.6 Å². The zero-order valence-corrected chi connectivity index (χ0v) is 46.8. The van der Waals surface area contributed by atoms with Crippen LogP contribution in [0.3, 0.4) is 0 Å². The molecule has 8 rings (SSSR count). The summed E-state index contributed by atoms with van der Waals surface area (Å²) in [4.78, 5) is 100. The van der Waals surface area contributed by atoms with Crippen LogP contribution in [0.2, 0.25) is 0 Å². The van der Waals surface area contributed by atoms with Crippen LogP contribution in [-0.4, -0.2) is 137 Å². The molecule has 2 saturated heterocycles. The number of anilines is 8. The van der Waals surface area contributed by atoms with Gasteiger partial charge in [-0.2, -0.15) is 20.2 Å². The van der Waals surface area contributed by atoms with Crippen LogP contribution in [0.4, 0.5) is 46.3 Å². The second-order valence-corrected chi connectivity index (χ2v) is 20.5. The number of aryl methyl sites for hydroxylation is 1. The van der Waals surface area contributed by atoms with Crippen molar-refractivity contribution in [2.75, 3.05) is 61.7 Å². The van der Waals surface area contributed by atoms with E-state index in [0.29, 0.717) is 72.0 Å². The first kappa shape index (κ1) is 58.3. The number of nitrogens with zero attached hydrogens (tertiary/aromatic N) is 10. The van der Waals surface area contributed by atoms with Crippen molar-refractivity contribution in [1.82, 2.24) is 59.9 Å². The van der Waals surface area contributed by atoms with Gasteiger partial charge < -0.3 is 62.6 Å². The highest BCUT2D eigenvalue weighted by Crippen LogP contribution is 2.37. The van der Waals surface area contributed by atoms with E-state index in [1.165, 1.54) is 38.8 Å². The van der Waals surface area contributed by atoms with E-state index in [9.17, 15) is 28.8 Å². The first-order valence-corrected chi connectivity index (χ1v) is 26.6. The molecule has 10 N–H and O–H groups in total. The smallest absolute Gasteiger partial charge is 0.254 e. The fraction of sp³-hybridized carbons (Fsp3) is 0.357. The first-order valence-electron chi connectivity index (χ1n) is 26.6. The molecule has 26 nitrogen and oxygen atoms in total. The van der Waals surface area contributed by atoms with Crippen LogP contribution in [-0.2, 0) is 16.0 Å². The molecule has 0 bridgehead atoms. The molecule has 6 aromatic rings. The lowest BCUT2D eigenvalue weighted by atomic mass is 9.98. The van der Waals surface area contributed by atoms with Crippen LogP contribution < -0.4 is 52.8 Å². The standard InChI is InChI=1S/C56H68N18O8/c1-10-45(75)71-15-11-13-39(28-71)73-26-37(22-61-73)66-56-60-25-42(49(58)77)51(70-56)68-47-34(19-36(21-44(47)82-9)53(79)64-31(4)5)18-33(7)54(80)72-16-12-14-40(29-72)74-27-38(23-62-74)65-55-59-24-41(48(57)76)50(69-55)67-46-32(6)17-35(20-43(46)81-8)52(78)63-30(2)3/h10,17,19-27,30-31,39-40H,1,7,11-16,18,28-29H2,2-6,8-9H3,(H2,57,76)(H2,58,77)(H,63,78)(H,64,79)(H2,59,65,67,69)(H2,60,66,68,70)/t39-,40+/m1/s1. The van der Waals surface area contributed by atoms with Crippen LogP contribution in [0.5, 0.6) is 11.5 Å². The third kappa shape index (κ3) is 13.7. The minimum absolute atomic E-state index is 0.00375. The lowest BCUT2D eigenvalue weighted by molar-refractivity contribution is -0.129. The number of benzene rings is 2. The number of hydrogen-bond donors (Lipinski definition) is 8. The van der Waals surface area contributed by atoms with Crippen molar-refractivity contribution in [3.05, 3.63) is 120 Å². The number of piperidine rings is 2. The van der Waals surface area contributed by atoms with E-state index in [4.69, 9.17) is 20.9 Å². The Bertz CT molecular complexity index is 3440. The molecule has 430 valence electrons. The average molecular weight is 1120 g/mol. The summed E-state index contributed by atoms with van der Waals surface area (Å²) in [6.07, 6.45) is 13.5. The Balaban J connectivity index is 0.990. The zero-order chi connectivity index (χ0) is 58.9. The molecule has 2 fully saturated rings. The summed E-state index contributed by atoms with van der Waals surface area (Å²) < 4.78 is 15.0. The van der Waals surface area contributed by atoms with Gasteiger partial charge in [0, 0.05) is 86.2 Å². The van der Waals surface area contributed by atoms with E-state index in [0.717, 1.165) is 12.8 Å². The Hall–Kier alpha value is -9.88. The van der Waals surface area contributed by atoms with Crippen molar-refractivity contribution in [3.63, 3.8) is 0 Å². The van der Waals surface area contributed by atoms with Crippen LogP contribution in [0, 0.1) is 6.92 Å². The Morgan fingerprint density at radius 2 is 1.16 bits per heavy atom.